The Hall–Kier alpha value is -3.19. The van der Waals surface area contributed by atoms with Crippen molar-refractivity contribution in [3.05, 3.63) is 89.5 Å². The molecule has 4 nitrogen and oxygen atoms in total. The SMILES string of the molecule is CCOc1ccc(N(CCc2ccc(C(F)(F)F)cc2)C(N)C(C)c2ccccc2)cc1OCC. The van der Waals surface area contributed by atoms with Crippen LogP contribution in [-0.4, -0.2) is 25.9 Å². The van der Waals surface area contributed by atoms with E-state index in [2.05, 4.69) is 11.8 Å². The summed E-state index contributed by atoms with van der Waals surface area (Å²) in [5.74, 6) is 1.29. The molecule has 0 amide bonds. The van der Waals surface area contributed by atoms with Crippen LogP contribution in [0.4, 0.5) is 18.9 Å². The van der Waals surface area contributed by atoms with Gasteiger partial charge in [-0.25, -0.2) is 0 Å². The van der Waals surface area contributed by atoms with E-state index in [1.165, 1.54) is 12.1 Å². The zero-order valence-electron chi connectivity index (χ0n) is 20.4. The van der Waals surface area contributed by atoms with Crippen LogP contribution in [0.15, 0.2) is 72.8 Å². The molecule has 0 heterocycles. The fraction of sp³-hybridized carbons (Fsp3) is 0.357. The second-order valence-electron chi connectivity index (χ2n) is 8.33. The minimum absolute atomic E-state index is 0.00548. The van der Waals surface area contributed by atoms with Gasteiger partial charge in [0.2, 0.25) is 0 Å². The van der Waals surface area contributed by atoms with Crippen LogP contribution < -0.4 is 20.1 Å². The van der Waals surface area contributed by atoms with Crippen LogP contribution in [0, 0.1) is 0 Å². The number of nitrogens with zero attached hydrogens (tertiary/aromatic N) is 1. The number of hydrogen-bond acceptors (Lipinski definition) is 4. The predicted molar refractivity (Wildman–Crippen MR) is 134 cm³/mol. The molecule has 188 valence electrons. The molecule has 2 N–H and O–H groups in total. The van der Waals surface area contributed by atoms with Crippen LogP contribution in [-0.2, 0) is 12.6 Å². The smallest absolute Gasteiger partial charge is 0.416 e. The lowest BCUT2D eigenvalue weighted by atomic mass is 9.96. The van der Waals surface area contributed by atoms with E-state index in [0.717, 1.165) is 28.9 Å². The van der Waals surface area contributed by atoms with E-state index >= 15 is 0 Å². The summed E-state index contributed by atoms with van der Waals surface area (Å²) in [5.41, 5.74) is 8.92. The second kappa shape index (κ2) is 12.0. The molecule has 3 aromatic rings. The molecule has 0 fully saturated rings. The first-order chi connectivity index (χ1) is 16.7. The van der Waals surface area contributed by atoms with Gasteiger partial charge in [-0.1, -0.05) is 49.4 Å². The number of halogens is 3. The monoisotopic (exact) mass is 486 g/mol. The summed E-state index contributed by atoms with van der Waals surface area (Å²) >= 11 is 0. The molecule has 35 heavy (non-hydrogen) atoms. The fourth-order valence-corrected chi connectivity index (χ4v) is 4.00. The van der Waals surface area contributed by atoms with Gasteiger partial charge in [0.05, 0.1) is 24.9 Å². The highest BCUT2D eigenvalue weighted by atomic mass is 19.4. The second-order valence-corrected chi connectivity index (χ2v) is 8.33. The van der Waals surface area contributed by atoms with Gasteiger partial charge in [-0.2, -0.15) is 13.2 Å². The Bertz CT molecular complexity index is 1060. The summed E-state index contributed by atoms with van der Waals surface area (Å²) in [4.78, 5) is 2.08. The zero-order valence-corrected chi connectivity index (χ0v) is 20.4. The van der Waals surface area contributed by atoms with Gasteiger partial charge in [-0.05, 0) is 55.7 Å². The highest BCUT2D eigenvalue weighted by Gasteiger charge is 2.30. The molecular formula is C28H33F3N2O2. The Balaban J connectivity index is 1.90. The van der Waals surface area contributed by atoms with Crippen LogP contribution in [0.5, 0.6) is 11.5 Å². The molecule has 0 saturated heterocycles. The summed E-state index contributed by atoms with van der Waals surface area (Å²) < 4.78 is 50.4. The van der Waals surface area contributed by atoms with E-state index in [9.17, 15) is 13.2 Å². The quantitative estimate of drug-likeness (QED) is 0.309. The molecule has 0 bridgehead atoms. The number of hydrogen-bond donors (Lipinski definition) is 1. The summed E-state index contributed by atoms with van der Waals surface area (Å²) in [5, 5.41) is 0. The molecule has 3 rings (SSSR count). The van der Waals surface area contributed by atoms with Gasteiger partial charge in [0.25, 0.3) is 0 Å². The van der Waals surface area contributed by atoms with Gasteiger partial charge < -0.3 is 20.1 Å². The lowest BCUT2D eigenvalue weighted by Gasteiger charge is -2.35. The van der Waals surface area contributed by atoms with Crippen molar-refractivity contribution in [2.45, 2.75) is 45.5 Å². The van der Waals surface area contributed by atoms with Crippen molar-refractivity contribution >= 4 is 5.69 Å². The number of alkyl halides is 3. The minimum atomic E-state index is -4.35. The van der Waals surface area contributed by atoms with Crippen LogP contribution in [0.3, 0.4) is 0 Å². The van der Waals surface area contributed by atoms with Crippen LogP contribution in [0.25, 0.3) is 0 Å². The zero-order chi connectivity index (χ0) is 25.4. The van der Waals surface area contributed by atoms with Gasteiger partial charge in [0.1, 0.15) is 0 Å². The molecule has 0 aromatic heterocycles. The lowest BCUT2D eigenvalue weighted by Crippen LogP contribution is -2.46. The molecule has 0 saturated carbocycles. The maximum atomic E-state index is 13.0. The molecule has 0 radical (unpaired) electrons. The maximum Gasteiger partial charge on any atom is 0.416 e. The number of anilines is 1. The van der Waals surface area contributed by atoms with Gasteiger partial charge in [-0.15, -0.1) is 0 Å². The van der Waals surface area contributed by atoms with Gasteiger partial charge in [0, 0.05) is 24.2 Å². The Morgan fingerprint density at radius 1 is 0.857 bits per heavy atom. The van der Waals surface area contributed by atoms with Crippen LogP contribution in [0.1, 0.15) is 43.4 Å². The largest absolute Gasteiger partial charge is 0.490 e. The molecule has 7 heteroatoms. The molecule has 2 atom stereocenters. The van der Waals surface area contributed by atoms with Crippen molar-refractivity contribution in [2.24, 2.45) is 5.73 Å². The average Bonchev–Trinajstić information content (AvgIpc) is 2.85. The number of ether oxygens (including phenoxy) is 2. The van der Waals surface area contributed by atoms with Gasteiger partial charge in [-0.3, -0.25) is 0 Å². The molecule has 0 aliphatic heterocycles. The normalized spacial score (nSPS) is 13.2. The van der Waals surface area contributed by atoms with E-state index in [1.807, 2.05) is 62.4 Å². The Morgan fingerprint density at radius 2 is 1.49 bits per heavy atom. The van der Waals surface area contributed by atoms with Crippen molar-refractivity contribution in [3.8, 4) is 11.5 Å². The highest BCUT2D eigenvalue weighted by Crippen LogP contribution is 2.34. The molecule has 0 spiro atoms. The summed E-state index contributed by atoms with van der Waals surface area (Å²) in [6, 6.07) is 21.0. The maximum absolute atomic E-state index is 13.0. The topological polar surface area (TPSA) is 47.7 Å². The first-order valence-corrected chi connectivity index (χ1v) is 11.9. The Morgan fingerprint density at radius 3 is 2.09 bits per heavy atom. The van der Waals surface area contributed by atoms with Crippen molar-refractivity contribution in [1.82, 2.24) is 0 Å². The average molecular weight is 487 g/mol. The number of benzene rings is 3. The van der Waals surface area contributed by atoms with Gasteiger partial charge in [0.15, 0.2) is 11.5 Å². The summed E-state index contributed by atoms with van der Waals surface area (Å²) in [6.45, 7) is 7.42. The summed E-state index contributed by atoms with van der Waals surface area (Å²) in [7, 11) is 0. The fourth-order valence-electron chi connectivity index (χ4n) is 4.00. The van der Waals surface area contributed by atoms with E-state index in [4.69, 9.17) is 15.2 Å². The molecule has 3 aromatic carbocycles. The molecule has 2 unspecified atom stereocenters. The van der Waals surface area contributed by atoms with Gasteiger partial charge >= 0.3 is 6.18 Å². The predicted octanol–water partition coefficient (Wildman–Crippen LogP) is 6.64. The van der Waals surface area contributed by atoms with Crippen molar-refractivity contribution < 1.29 is 22.6 Å². The van der Waals surface area contributed by atoms with Crippen molar-refractivity contribution in [3.63, 3.8) is 0 Å². The van der Waals surface area contributed by atoms with E-state index in [-0.39, 0.29) is 12.1 Å². The molecular weight excluding hydrogens is 453 g/mol. The highest BCUT2D eigenvalue weighted by molar-refractivity contribution is 5.57. The molecule has 0 aliphatic rings. The number of rotatable bonds is 11. The number of nitrogens with two attached hydrogens (primary N) is 1. The molecule has 0 aliphatic carbocycles. The first-order valence-electron chi connectivity index (χ1n) is 11.9. The third kappa shape index (κ3) is 6.92. The minimum Gasteiger partial charge on any atom is -0.490 e. The van der Waals surface area contributed by atoms with Crippen LogP contribution >= 0.6 is 0 Å². The third-order valence-corrected chi connectivity index (χ3v) is 5.98. The van der Waals surface area contributed by atoms with E-state index in [0.29, 0.717) is 37.7 Å². The summed E-state index contributed by atoms with van der Waals surface area (Å²) in [6.07, 6.45) is -4.19. The van der Waals surface area contributed by atoms with Crippen molar-refractivity contribution in [1.29, 1.82) is 0 Å². The first kappa shape index (κ1) is 26.4. The third-order valence-electron chi connectivity index (χ3n) is 5.98. The van der Waals surface area contributed by atoms with E-state index < -0.39 is 11.7 Å². The lowest BCUT2D eigenvalue weighted by molar-refractivity contribution is -0.137. The standard InChI is InChI=1S/C28H33F3N2O2/c1-4-34-25-16-15-24(19-26(25)35-5-2)33(27(32)20(3)22-9-7-6-8-10-22)18-17-21-11-13-23(14-12-21)28(29,30)31/h6-16,19-20,27H,4-5,17-18,32H2,1-3H3. The van der Waals surface area contributed by atoms with Crippen LogP contribution in [0.2, 0.25) is 0 Å². The Kier molecular flexibility index (Phi) is 9.04. The Labute approximate surface area is 205 Å². The van der Waals surface area contributed by atoms with E-state index in [1.54, 1.807) is 0 Å². The van der Waals surface area contributed by atoms with Crippen molar-refractivity contribution in [2.75, 3.05) is 24.7 Å².